The molecule has 11 heteroatoms. The number of benzene rings is 2. The summed E-state index contributed by atoms with van der Waals surface area (Å²) in [6.45, 7) is 1.79. The van der Waals surface area contributed by atoms with Gasteiger partial charge in [0.25, 0.3) is 5.56 Å². The maximum atomic E-state index is 13.1. The number of anilines is 1. The summed E-state index contributed by atoms with van der Waals surface area (Å²) >= 11 is 1.50. The van der Waals surface area contributed by atoms with Crippen molar-refractivity contribution in [3.8, 4) is 11.5 Å². The van der Waals surface area contributed by atoms with Gasteiger partial charge in [0.1, 0.15) is 6.04 Å². The summed E-state index contributed by atoms with van der Waals surface area (Å²) in [5, 5.41) is 13.6. The Labute approximate surface area is 223 Å². The number of Topliss-reactive ketones (excluding diaryl/α,β-unsaturated/α-hetero) is 1. The van der Waals surface area contributed by atoms with Crippen LogP contribution in [0.3, 0.4) is 0 Å². The van der Waals surface area contributed by atoms with Crippen molar-refractivity contribution in [1.29, 1.82) is 0 Å². The molecule has 0 spiro atoms. The van der Waals surface area contributed by atoms with Gasteiger partial charge >= 0.3 is 0 Å². The summed E-state index contributed by atoms with van der Waals surface area (Å²) < 4.78 is 6.96. The monoisotopic (exact) mass is 532 g/mol. The minimum atomic E-state index is -0.788. The molecule has 2 N–H and O–H groups in total. The number of thioether (sulfide) groups is 1. The summed E-state index contributed by atoms with van der Waals surface area (Å²) in [6, 6.07) is 18.4. The van der Waals surface area contributed by atoms with Crippen LogP contribution in [0.25, 0.3) is 11.5 Å². The highest BCUT2D eigenvalue weighted by atomic mass is 32.2. The van der Waals surface area contributed by atoms with E-state index in [1.807, 2.05) is 60.7 Å². The van der Waals surface area contributed by atoms with E-state index in [1.54, 1.807) is 6.92 Å². The number of ketones is 1. The van der Waals surface area contributed by atoms with Crippen molar-refractivity contribution in [1.82, 2.24) is 25.1 Å². The lowest BCUT2D eigenvalue weighted by Gasteiger charge is -2.18. The molecule has 4 rings (SSSR count). The molecule has 196 valence electrons. The number of nitrogens with zero attached hydrogens (tertiary/aromatic N) is 4. The number of carbonyl (C=O) groups is 2. The van der Waals surface area contributed by atoms with E-state index >= 15 is 0 Å². The van der Waals surface area contributed by atoms with Gasteiger partial charge in [-0.1, -0.05) is 55.5 Å². The van der Waals surface area contributed by atoms with Gasteiger partial charge in [-0.05, 0) is 24.1 Å². The Hall–Kier alpha value is -4.25. The highest BCUT2D eigenvalue weighted by molar-refractivity contribution is 7.99. The van der Waals surface area contributed by atoms with Gasteiger partial charge < -0.3 is 15.1 Å². The lowest BCUT2D eigenvalue weighted by atomic mass is 10.2. The third-order valence-electron chi connectivity index (χ3n) is 5.62. The molecule has 0 fully saturated rings. The van der Waals surface area contributed by atoms with Crippen LogP contribution in [0, 0.1) is 0 Å². The molecule has 0 saturated carbocycles. The van der Waals surface area contributed by atoms with Crippen molar-refractivity contribution in [2.24, 2.45) is 0 Å². The van der Waals surface area contributed by atoms with Crippen molar-refractivity contribution < 1.29 is 14.0 Å². The fourth-order valence-electron chi connectivity index (χ4n) is 3.69. The molecule has 0 bridgehead atoms. The largest absolute Gasteiger partial charge is 0.419 e. The molecule has 0 aliphatic carbocycles. The molecule has 38 heavy (non-hydrogen) atoms. The van der Waals surface area contributed by atoms with Crippen molar-refractivity contribution in [3.05, 3.63) is 94.9 Å². The Bertz CT molecular complexity index is 1410. The normalized spacial score (nSPS) is 11.6. The molecule has 2 aromatic heterocycles. The van der Waals surface area contributed by atoms with Crippen LogP contribution >= 0.6 is 11.8 Å². The molecule has 1 unspecified atom stereocenters. The Morgan fingerprint density at radius 3 is 2.53 bits per heavy atom. The average Bonchev–Trinajstić information content (AvgIpc) is 3.43. The maximum Gasteiger partial charge on any atom is 0.294 e. The maximum absolute atomic E-state index is 13.1. The lowest BCUT2D eigenvalue weighted by Crippen LogP contribution is -2.40. The third kappa shape index (κ3) is 7.16. The fraction of sp³-hybridized carbons (Fsp3) is 0.259. The minimum absolute atomic E-state index is 0.0478. The first-order valence-corrected chi connectivity index (χ1v) is 13.3. The van der Waals surface area contributed by atoms with Gasteiger partial charge in [0.15, 0.2) is 11.6 Å². The number of aromatic nitrogens is 4. The molecule has 4 aromatic rings. The smallest absolute Gasteiger partial charge is 0.294 e. The number of carbonyl (C=O) groups excluding carboxylic acids is 2. The first-order chi connectivity index (χ1) is 18.5. The van der Waals surface area contributed by atoms with Crippen molar-refractivity contribution in [3.63, 3.8) is 0 Å². The third-order valence-corrected chi connectivity index (χ3v) is 6.69. The second kappa shape index (κ2) is 13.3. The molecule has 0 saturated heterocycles. The van der Waals surface area contributed by atoms with E-state index < -0.39 is 17.5 Å². The van der Waals surface area contributed by atoms with Crippen LogP contribution in [-0.4, -0.2) is 43.7 Å². The SMILES string of the molecule is CCC(C(=O)NCC(=O)CSCc1ccccc1)n1ccnc(NCc2nnc(-c3ccccc3)o2)c1=O. The fourth-order valence-corrected chi connectivity index (χ4v) is 4.55. The summed E-state index contributed by atoms with van der Waals surface area (Å²) in [4.78, 5) is 42.3. The number of nitrogens with one attached hydrogen (secondary N) is 2. The van der Waals surface area contributed by atoms with Gasteiger partial charge in [-0.3, -0.25) is 19.0 Å². The van der Waals surface area contributed by atoms with Crippen LogP contribution in [0.2, 0.25) is 0 Å². The van der Waals surface area contributed by atoms with Gasteiger partial charge in [-0.25, -0.2) is 4.98 Å². The Morgan fingerprint density at radius 1 is 1.05 bits per heavy atom. The number of rotatable bonds is 13. The Balaban J connectivity index is 1.31. The van der Waals surface area contributed by atoms with Crippen LogP contribution in [0.1, 0.15) is 30.8 Å². The second-order valence-corrected chi connectivity index (χ2v) is 9.35. The summed E-state index contributed by atoms with van der Waals surface area (Å²) in [7, 11) is 0. The van der Waals surface area contributed by atoms with Crippen LogP contribution in [0.15, 0.2) is 82.3 Å². The Kier molecular flexibility index (Phi) is 9.41. The van der Waals surface area contributed by atoms with E-state index in [4.69, 9.17) is 4.42 Å². The highest BCUT2D eigenvalue weighted by Crippen LogP contribution is 2.17. The van der Waals surface area contributed by atoms with Crippen LogP contribution < -0.4 is 16.2 Å². The van der Waals surface area contributed by atoms with E-state index in [1.165, 1.54) is 28.7 Å². The van der Waals surface area contributed by atoms with Crippen LogP contribution in [-0.2, 0) is 21.9 Å². The summed E-state index contributed by atoms with van der Waals surface area (Å²) in [6.07, 6.45) is 3.25. The van der Waals surface area contributed by atoms with Crippen molar-refractivity contribution in [2.45, 2.75) is 31.7 Å². The molecule has 1 amide bonds. The molecule has 10 nitrogen and oxygen atoms in total. The topological polar surface area (TPSA) is 132 Å². The molecule has 2 heterocycles. The van der Waals surface area contributed by atoms with E-state index in [0.717, 1.165) is 16.9 Å². The van der Waals surface area contributed by atoms with Gasteiger partial charge in [-0.2, -0.15) is 0 Å². The molecule has 1 atom stereocenters. The predicted octanol–water partition coefficient (Wildman–Crippen LogP) is 3.48. The number of hydrogen-bond acceptors (Lipinski definition) is 9. The van der Waals surface area contributed by atoms with Crippen LogP contribution in [0.4, 0.5) is 5.82 Å². The molecule has 0 aliphatic rings. The molecule has 0 radical (unpaired) electrons. The second-order valence-electron chi connectivity index (χ2n) is 8.37. The first kappa shape index (κ1) is 26.8. The minimum Gasteiger partial charge on any atom is -0.419 e. The first-order valence-electron chi connectivity index (χ1n) is 12.1. The van der Waals surface area contributed by atoms with Gasteiger partial charge in [0.2, 0.25) is 17.7 Å². The van der Waals surface area contributed by atoms with E-state index in [-0.39, 0.29) is 36.3 Å². The highest BCUT2D eigenvalue weighted by Gasteiger charge is 2.21. The standard InChI is InChI=1S/C27H28N6O4S/c1-2-22(25(35)30-15-21(34)18-38-17-19-9-5-3-6-10-19)33-14-13-28-24(27(33)36)29-16-23-31-32-26(37-23)20-11-7-4-8-12-20/h3-14,22H,2,15-18H2,1H3,(H,28,29)(H,30,35). The van der Waals surface area contributed by atoms with Gasteiger partial charge in [0.05, 0.1) is 18.8 Å². The van der Waals surface area contributed by atoms with Crippen LogP contribution in [0.5, 0.6) is 0 Å². The van der Waals surface area contributed by atoms with Crippen molar-refractivity contribution in [2.75, 3.05) is 17.6 Å². The number of amides is 1. The Morgan fingerprint density at radius 2 is 1.79 bits per heavy atom. The number of hydrogen-bond donors (Lipinski definition) is 2. The zero-order valence-corrected chi connectivity index (χ0v) is 21.7. The average molecular weight is 533 g/mol. The van der Waals surface area contributed by atoms with Crippen molar-refractivity contribution >= 4 is 29.3 Å². The quantitative estimate of drug-likeness (QED) is 0.266. The summed E-state index contributed by atoms with van der Waals surface area (Å²) in [5.41, 5.74) is 1.45. The molecular formula is C27H28N6O4S. The zero-order chi connectivity index (χ0) is 26.7. The molecule has 2 aromatic carbocycles. The molecule has 0 aliphatic heterocycles. The van der Waals surface area contributed by atoms with E-state index in [2.05, 4.69) is 25.8 Å². The van der Waals surface area contributed by atoms with E-state index in [9.17, 15) is 14.4 Å². The summed E-state index contributed by atoms with van der Waals surface area (Å²) in [5.74, 6) is 1.22. The zero-order valence-electron chi connectivity index (χ0n) is 20.9. The van der Waals surface area contributed by atoms with Gasteiger partial charge in [-0.15, -0.1) is 22.0 Å². The lowest BCUT2D eigenvalue weighted by molar-refractivity contribution is -0.127. The molecular weight excluding hydrogens is 504 g/mol. The van der Waals surface area contributed by atoms with Gasteiger partial charge in [0, 0.05) is 23.7 Å². The van der Waals surface area contributed by atoms with E-state index in [0.29, 0.717) is 12.3 Å². The predicted molar refractivity (Wildman–Crippen MR) is 146 cm³/mol.